The van der Waals surface area contributed by atoms with E-state index < -0.39 is 10.8 Å². The molecular formula is C22H20N2O4S4. The van der Waals surface area contributed by atoms with Crippen LogP contribution in [0.1, 0.15) is 41.5 Å². The average molecular weight is 505 g/mol. The Labute approximate surface area is 203 Å². The Kier molecular flexibility index (Phi) is 6.49. The van der Waals surface area contributed by atoms with Crippen molar-refractivity contribution in [3.05, 3.63) is 31.2 Å². The Morgan fingerprint density at radius 2 is 1.19 bits per heavy atom. The zero-order valence-corrected chi connectivity index (χ0v) is 21.5. The lowest BCUT2D eigenvalue weighted by Crippen LogP contribution is -2.21. The van der Waals surface area contributed by atoms with E-state index >= 15 is 0 Å². The van der Waals surface area contributed by atoms with Crippen LogP contribution >= 0.6 is 47.0 Å². The van der Waals surface area contributed by atoms with Crippen molar-refractivity contribution in [1.82, 2.24) is 0 Å². The number of carbonyl (C=O) groups is 2. The number of Topliss-reactive ketones (excluding diaryl/α,β-unsaturated/α-hetero) is 2. The first-order valence-corrected chi connectivity index (χ1v) is 12.7. The first-order valence-electron chi connectivity index (χ1n) is 9.41. The topological polar surface area (TPSA) is 103 Å². The largest absolute Gasteiger partial charge is 0.505 e. The summed E-state index contributed by atoms with van der Waals surface area (Å²) < 4.78 is 0.822. The molecule has 0 spiro atoms. The predicted molar refractivity (Wildman–Crippen MR) is 128 cm³/mol. The lowest BCUT2D eigenvalue weighted by Gasteiger charge is -2.16. The zero-order valence-electron chi connectivity index (χ0n) is 18.2. The third kappa shape index (κ3) is 4.17. The van der Waals surface area contributed by atoms with E-state index in [0.29, 0.717) is 28.1 Å². The number of fused-ring (bicyclic) bond motifs is 2. The molecule has 0 atom stereocenters. The van der Waals surface area contributed by atoms with Crippen LogP contribution in [0.15, 0.2) is 39.3 Å². The van der Waals surface area contributed by atoms with Gasteiger partial charge in [0.25, 0.3) is 0 Å². The lowest BCUT2D eigenvalue weighted by atomic mass is 9.87. The van der Waals surface area contributed by atoms with Crippen molar-refractivity contribution in [2.45, 2.75) is 61.1 Å². The third-order valence-electron chi connectivity index (χ3n) is 4.48. The molecule has 2 N–H and O–H groups in total. The van der Waals surface area contributed by atoms with Crippen LogP contribution in [0.25, 0.3) is 4.85 Å². The van der Waals surface area contributed by atoms with Gasteiger partial charge >= 0.3 is 0 Å². The van der Waals surface area contributed by atoms with Gasteiger partial charge in [-0.2, -0.15) is 5.26 Å². The molecule has 1 aromatic rings. The van der Waals surface area contributed by atoms with E-state index in [0.717, 1.165) is 47.0 Å². The number of phenols is 2. The van der Waals surface area contributed by atoms with Gasteiger partial charge in [-0.05, 0) is 0 Å². The van der Waals surface area contributed by atoms with Crippen molar-refractivity contribution < 1.29 is 19.8 Å². The van der Waals surface area contributed by atoms with Crippen molar-refractivity contribution in [2.75, 3.05) is 0 Å². The summed E-state index contributed by atoms with van der Waals surface area (Å²) in [5.41, 5.74) is -1.52. The summed E-state index contributed by atoms with van der Waals surface area (Å²) in [7, 11) is 0. The highest BCUT2D eigenvalue weighted by Gasteiger charge is 2.39. The summed E-state index contributed by atoms with van der Waals surface area (Å²) in [5, 5.41) is 31.5. The highest BCUT2D eigenvalue weighted by atomic mass is 32.2. The molecule has 0 fully saturated rings. The fraction of sp³-hybridized carbons (Fsp3) is 0.364. The summed E-state index contributed by atoms with van der Waals surface area (Å²) >= 11 is 4.29. The molecule has 2 aliphatic heterocycles. The summed E-state index contributed by atoms with van der Waals surface area (Å²) in [6, 6.07) is 1.97. The van der Waals surface area contributed by atoms with E-state index in [2.05, 4.69) is 4.85 Å². The van der Waals surface area contributed by atoms with E-state index in [-0.39, 0.29) is 34.3 Å². The molecule has 0 radical (unpaired) electrons. The Morgan fingerprint density at radius 3 is 1.50 bits per heavy atom. The first kappa shape index (κ1) is 24.7. The molecule has 1 aromatic carbocycles. The molecule has 2 heterocycles. The fourth-order valence-electron chi connectivity index (χ4n) is 2.73. The quantitative estimate of drug-likeness (QED) is 0.201. The summed E-state index contributed by atoms with van der Waals surface area (Å²) in [6.07, 6.45) is 0. The van der Waals surface area contributed by atoms with Gasteiger partial charge in [-0.1, -0.05) is 88.6 Å². The minimum Gasteiger partial charge on any atom is -0.505 e. The van der Waals surface area contributed by atoms with Crippen LogP contribution < -0.4 is 0 Å². The van der Waals surface area contributed by atoms with Crippen LogP contribution in [0, 0.1) is 28.7 Å². The Morgan fingerprint density at radius 1 is 0.812 bits per heavy atom. The maximum Gasteiger partial charge on any atom is 0.249 e. The standard InChI is InChI=1S/C22H20N2O4S4/c1-21(2,3)17(27)9(8-23)19-29-13-11(25)15-16(12(26)14(13)30-19)32-20(31-15)10(24-7)18(28)22(4,5)6/h25-26H,1-6H3. The number of nitriles is 1. The van der Waals surface area contributed by atoms with Crippen LogP contribution in [-0.2, 0) is 9.59 Å². The van der Waals surface area contributed by atoms with Crippen LogP contribution in [0.5, 0.6) is 11.5 Å². The average Bonchev–Trinajstić information content (AvgIpc) is 3.31. The van der Waals surface area contributed by atoms with Gasteiger partial charge in [-0.25, -0.2) is 4.85 Å². The molecule has 3 rings (SSSR count). The Balaban J connectivity index is 2.09. The van der Waals surface area contributed by atoms with Crippen molar-refractivity contribution in [1.29, 1.82) is 5.26 Å². The molecule has 32 heavy (non-hydrogen) atoms. The van der Waals surface area contributed by atoms with Gasteiger partial charge in [0.05, 0.1) is 34.6 Å². The number of hydrogen-bond donors (Lipinski definition) is 2. The summed E-state index contributed by atoms with van der Waals surface area (Å²) in [6.45, 7) is 17.9. The molecule has 0 aliphatic carbocycles. The van der Waals surface area contributed by atoms with E-state index in [1.807, 2.05) is 6.07 Å². The van der Waals surface area contributed by atoms with Crippen LogP contribution in [0.3, 0.4) is 0 Å². The molecule has 0 unspecified atom stereocenters. The van der Waals surface area contributed by atoms with Gasteiger partial charge in [0.15, 0.2) is 11.6 Å². The minimum atomic E-state index is -0.749. The fourth-order valence-corrected chi connectivity index (χ4v) is 7.94. The second-order valence-corrected chi connectivity index (χ2v) is 13.7. The van der Waals surface area contributed by atoms with E-state index in [4.69, 9.17) is 6.57 Å². The molecule has 0 saturated carbocycles. The second-order valence-electron chi connectivity index (χ2n) is 9.10. The highest BCUT2D eigenvalue weighted by molar-refractivity contribution is 8.26. The zero-order chi connectivity index (χ0) is 24.2. The molecular weight excluding hydrogens is 485 g/mol. The third-order valence-corrected chi connectivity index (χ3v) is 9.68. The van der Waals surface area contributed by atoms with Gasteiger partial charge in [0.2, 0.25) is 5.70 Å². The number of ketones is 2. The Hall–Kier alpha value is -1.98. The molecule has 6 nitrogen and oxygen atoms in total. The second kappa shape index (κ2) is 8.42. The number of rotatable bonds is 2. The number of hydrogen-bond acceptors (Lipinski definition) is 9. The normalized spacial score (nSPS) is 15.0. The van der Waals surface area contributed by atoms with E-state index in [1.54, 1.807) is 41.5 Å². The van der Waals surface area contributed by atoms with E-state index in [1.165, 1.54) is 0 Å². The van der Waals surface area contributed by atoms with Gasteiger partial charge in [-0.3, -0.25) is 4.79 Å². The molecule has 0 bridgehead atoms. The van der Waals surface area contributed by atoms with Crippen molar-refractivity contribution in [3.63, 3.8) is 0 Å². The maximum absolute atomic E-state index is 12.7. The molecule has 0 saturated heterocycles. The summed E-state index contributed by atoms with van der Waals surface area (Å²) in [4.78, 5) is 30.3. The number of phenolic OH excluding ortho intramolecular Hbond substituents is 2. The van der Waals surface area contributed by atoms with Crippen molar-refractivity contribution >= 4 is 58.6 Å². The van der Waals surface area contributed by atoms with Gasteiger partial charge in [0, 0.05) is 10.8 Å². The van der Waals surface area contributed by atoms with Gasteiger partial charge in [-0.15, -0.1) is 0 Å². The van der Waals surface area contributed by atoms with Gasteiger partial charge < -0.3 is 15.0 Å². The number of nitrogens with zero attached hydrogens (tertiary/aromatic N) is 2. The molecule has 0 aromatic heterocycles. The summed E-state index contributed by atoms with van der Waals surface area (Å²) in [5.74, 6) is -0.817. The smallest absolute Gasteiger partial charge is 0.249 e. The molecule has 166 valence electrons. The first-order chi connectivity index (χ1) is 14.7. The SMILES string of the molecule is [C-]#[N+]C(C(=O)C(C)(C)C)=C1Sc2c(O)c3c(c(O)c2S1)SC(=C(C#N)C(=O)C(C)(C)C)S3. The van der Waals surface area contributed by atoms with Gasteiger partial charge in [0.1, 0.15) is 23.1 Å². The number of carbonyl (C=O) groups excluding carboxylic acids is 2. The lowest BCUT2D eigenvalue weighted by molar-refractivity contribution is -0.122. The Bertz CT molecular complexity index is 1080. The highest BCUT2D eigenvalue weighted by Crippen LogP contribution is 2.68. The number of allylic oxidation sites excluding steroid dienone is 2. The molecule has 0 amide bonds. The van der Waals surface area contributed by atoms with Crippen molar-refractivity contribution in [2.24, 2.45) is 10.8 Å². The maximum atomic E-state index is 12.7. The van der Waals surface area contributed by atoms with E-state index in [9.17, 15) is 25.1 Å². The van der Waals surface area contributed by atoms with Crippen LogP contribution in [-0.4, -0.2) is 21.8 Å². The predicted octanol–water partition coefficient (Wildman–Crippen LogP) is 6.55. The molecule has 10 heteroatoms. The number of thioether (sulfide) groups is 4. The monoisotopic (exact) mass is 504 g/mol. The van der Waals surface area contributed by atoms with Crippen molar-refractivity contribution in [3.8, 4) is 17.6 Å². The number of aromatic hydroxyl groups is 2. The number of benzene rings is 1. The van der Waals surface area contributed by atoms with Crippen LogP contribution in [0.4, 0.5) is 0 Å². The minimum absolute atomic E-state index is 0.00498. The van der Waals surface area contributed by atoms with Crippen LogP contribution in [0.2, 0.25) is 0 Å². The molecule has 2 aliphatic rings.